The lowest BCUT2D eigenvalue weighted by atomic mass is 10.1. The summed E-state index contributed by atoms with van der Waals surface area (Å²) in [5.74, 6) is 0.225. The van der Waals surface area contributed by atoms with E-state index in [-0.39, 0.29) is 5.82 Å². The highest BCUT2D eigenvalue weighted by atomic mass is 35.5. The minimum atomic E-state index is 0.225. The predicted molar refractivity (Wildman–Crippen MR) is 66.9 cm³/mol. The van der Waals surface area contributed by atoms with Gasteiger partial charge in [-0.15, -0.1) is 0 Å². The predicted octanol–water partition coefficient (Wildman–Crippen LogP) is 3.69. The van der Waals surface area contributed by atoms with E-state index in [1.165, 1.54) is 6.33 Å². The van der Waals surface area contributed by atoms with Crippen molar-refractivity contribution in [3.05, 3.63) is 39.6 Å². The molecule has 2 aromatic rings. The van der Waals surface area contributed by atoms with Gasteiger partial charge in [0.25, 0.3) is 0 Å². The molecule has 0 saturated heterocycles. The molecule has 3 nitrogen and oxygen atoms in total. The maximum Gasteiger partial charge on any atom is 0.146 e. The first-order valence-corrected chi connectivity index (χ1v) is 5.44. The molecule has 0 aliphatic rings. The molecule has 82 valence electrons. The molecule has 1 heterocycles. The second kappa shape index (κ2) is 4.45. The highest BCUT2D eigenvalue weighted by molar-refractivity contribution is 6.36. The Kier molecular flexibility index (Phi) is 3.19. The third-order valence-corrected chi connectivity index (χ3v) is 2.76. The molecule has 1 aromatic heterocycles. The molecule has 0 bridgehead atoms. The lowest BCUT2D eigenvalue weighted by Gasteiger charge is -2.05. The van der Waals surface area contributed by atoms with Gasteiger partial charge >= 0.3 is 0 Å². The third-order valence-electron chi connectivity index (χ3n) is 1.95. The van der Waals surface area contributed by atoms with Crippen molar-refractivity contribution in [3.63, 3.8) is 0 Å². The van der Waals surface area contributed by atoms with Crippen LogP contribution in [0.2, 0.25) is 15.1 Å². The smallest absolute Gasteiger partial charge is 0.146 e. The molecule has 0 amide bonds. The molecule has 2 N–H and O–H groups in total. The van der Waals surface area contributed by atoms with E-state index in [4.69, 9.17) is 40.5 Å². The van der Waals surface area contributed by atoms with Crippen LogP contribution in [-0.2, 0) is 0 Å². The standard InChI is InChI=1S/C10H6Cl3N3/c11-6-1-5(2-7(12)3-6)9-8(13)10(14)16-4-15-9/h1-4H,(H2,14,15,16). The van der Waals surface area contributed by atoms with Crippen molar-refractivity contribution in [2.45, 2.75) is 0 Å². The Bertz CT molecular complexity index is 523. The van der Waals surface area contributed by atoms with Crippen molar-refractivity contribution in [2.75, 3.05) is 5.73 Å². The Morgan fingerprint density at radius 1 is 0.938 bits per heavy atom. The zero-order valence-electron chi connectivity index (χ0n) is 7.92. The van der Waals surface area contributed by atoms with Crippen molar-refractivity contribution in [1.82, 2.24) is 9.97 Å². The first kappa shape index (κ1) is 11.5. The Hall–Kier alpha value is -1.03. The largest absolute Gasteiger partial charge is 0.382 e. The summed E-state index contributed by atoms with van der Waals surface area (Å²) in [5, 5.41) is 1.31. The maximum atomic E-state index is 6.00. The van der Waals surface area contributed by atoms with Gasteiger partial charge in [-0.25, -0.2) is 9.97 Å². The number of nitrogen functional groups attached to an aromatic ring is 1. The summed E-state index contributed by atoms with van der Waals surface area (Å²) in [5.41, 5.74) is 6.80. The Balaban J connectivity index is 2.63. The minimum Gasteiger partial charge on any atom is -0.382 e. The van der Waals surface area contributed by atoms with E-state index in [9.17, 15) is 0 Å². The summed E-state index contributed by atoms with van der Waals surface area (Å²) in [6, 6.07) is 5.05. The molecule has 0 fully saturated rings. The van der Waals surface area contributed by atoms with Gasteiger partial charge in [0.15, 0.2) is 0 Å². The summed E-state index contributed by atoms with van der Waals surface area (Å²) in [6.45, 7) is 0. The normalized spacial score (nSPS) is 10.4. The maximum absolute atomic E-state index is 6.00. The molecule has 2 rings (SSSR count). The van der Waals surface area contributed by atoms with E-state index >= 15 is 0 Å². The van der Waals surface area contributed by atoms with Crippen molar-refractivity contribution < 1.29 is 0 Å². The lowest BCUT2D eigenvalue weighted by Crippen LogP contribution is -1.95. The molecule has 16 heavy (non-hydrogen) atoms. The van der Waals surface area contributed by atoms with E-state index in [0.717, 1.165) is 0 Å². The number of hydrogen-bond acceptors (Lipinski definition) is 3. The third kappa shape index (κ3) is 2.21. The zero-order valence-corrected chi connectivity index (χ0v) is 10.2. The Morgan fingerprint density at radius 3 is 2.19 bits per heavy atom. The molecular formula is C10H6Cl3N3. The first-order valence-electron chi connectivity index (χ1n) is 4.30. The monoisotopic (exact) mass is 273 g/mol. The number of benzene rings is 1. The van der Waals surface area contributed by atoms with E-state index in [1.807, 2.05) is 0 Å². The molecule has 6 heteroatoms. The van der Waals surface area contributed by atoms with E-state index in [2.05, 4.69) is 9.97 Å². The Labute approximate surface area is 107 Å². The summed E-state index contributed by atoms with van der Waals surface area (Å²) >= 11 is 17.8. The average Bonchev–Trinajstić information content (AvgIpc) is 2.20. The van der Waals surface area contributed by atoms with Crippen LogP contribution in [0.5, 0.6) is 0 Å². The van der Waals surface area contributed by atoms with Gasteiger partial charge in [-0.3, -0.25) is 0 Å². The number of halogens is 3. The summed E-state index contributed by atoms with van der Waals surface area (Å²) in [4.78, 5) is 7.83. The van der Waals surface area contributed by atoms with Crippen LogP contribution in [0, 0.1) is 0 Å². The summed E-state index contributed by atoms with van der Waals surface area (Å²) in [7, 11) is 0. The molecule has 0 radical (unpaired) electrons. The van der Waals surface area contributed by atoms with Crippen LogP contribution in [0.3, 0.4) is 0 Å². The van der Waals surface area contributed by atoms with Crippen LogP contribution < -0.4 is 5.73 Å². The number of nitrogens with two attached hydrogens (primary N) is 1. The fraction of sp³-hybridized carbons (Fsp3) is 0. The minimum absolute atomic E-state index is 0.225. The van der Waals surface area contributed by atoms with Gasteiger partial charge in [0.05, 0.1) is 5.69 Å². The highest BCUT2D eigenvalue weighted by Gasteiger charge is 2.10. The second-order valence-electron chi connectivity index (χ2n) is 3.08. The Morgan fingerprint density at radius 2 is 1.56 bits per heavy atom. The number of nitrogens with zero attached hydrogens (tertiary/aromatic N) is 2. The number of anilines is 1. The van der Waals surface area contributed by atoms with Crippen molar-refractivity contribution in [2.24, 2.45) is 0 Å². The summed E-state index contributed by atoms with van der Waals surface area (Å²) in [6.07, 6.45) is 1.34. The fourth-order valence-corrected chi connectivity index (χ4v) is 2.01. The van der Waals surface area contributed by atoms with E-state index < -0.39 is 0 Å². The van der Waals surface area contributed by atoms with Gasteiger partial charge in [0, 0.05) is 15.6 Å². The van der Waals surface area contributed by atoms with Crippen molar-refractivity contribution in [3.8, 4) is 11.3 Å². The van der Waals surface area contributed by atoms with Gasteiger partial charge in [-0.1, -0.05) is 34.8 Å². The molecule has 0 atom stereocenters. The second-order valence-corrected chi connectivity index (χ2v) is 4.33. The van der Waals surface area contributed by atoms with Gasteiger partial charge in [-0.2, -0.15) is 0 Å². The number of rotatable bonds is 1. The van der Waals surface area contributed by atoms with Gasteiger partial charge in [-0.05, 0) is 18.2 Å². The van der Waals surface area contributed by atoms with Crippen LogP contribution in [0.25, 0.3) is 11.3 Å². The van der Waals surface area contributed by atoms with Gasteiger partial charge in [0.1, 0.15) is 17.2 Å². The van der Waals surface area contributed by atoms with Crippen LogP contribution in [0.15, 0.2) is 24.5 Å². The molecule has 0 unspecified atom stereocenters. The molecule has 1 aromatic carbocycles. The van der Waals surface area contributed by atoms with Crippen LogP contribution >= 0.6 is 34.8 Å². The van der Waals surface area contributed by atoms with Gasteiger partial charge in [0.2, 0.25) is 0 Å². The topological polar surface area (TPSA) is 51.8 Å². The van der Waals surface area contributed by atoms with Crippen molar-refractivity contribution in [1.29, 1.82) is 0 Å². The first-order chi connectivity index (χ1) is 7.58. The number of aromatic nitrogens is 2. The highest BCUT2D eigenvalue weighted by Crippen LogP contribution is 2.32. The molecule has 0 aliphatic carbocycles. The number of hydrogen-bond donors (Lipinski definition) is 1. The zero-order chi connectivity index (χ0) is 11.7. The quantitative estimate of drug-likeness (QED) is 0.863. The fourth-order valence-electron chi connectivity index (χ4n) is 1.28. The molecule has 0 spiro atoms. The molecule has 0 saturated carbocycles. The van der Waals surface area contributed by atoms with Crippen LogP contribution in [0.4, 0.5) is 5.82 Å². The molecule has 0 aliphatic heterocycles. The SMILES string of the molecule is Nc1ncnc(-c2cc(Cl)cc(Cl)c2)c1Cl. The summed E-state index contributed by atoms with van der Waals surface area (Å²) < 4.78 is 0. The van der Waals surface area contributed by atoms with E-state index in [1.54, 1.807) is 18.2 Å². The van der Waals surface area contributed by atoms with Crippen molar-refractivity contribution >= 4 is 40.6 Å². The van der Waals surface area contributed by atoms with Crippen LogP contribution in [0.1, 0.15) is 0 Å². The van der Waals surface area contributed by atoms with E-state index in [0.29, 0.717) is 26.3 Å². The van der Waals surface area contributed by atoms with Crippen LogP contribution in [-0.4, -0.2) is 9.97 Å². The molecular weight excluding hydrogens is 268 g/mol. The average molecular weight is 275 g/mol. The lowest BCUT2D eigenvalue weighted by molar-refractivity contribution is 1.18. The van der Waals surface area contributed by atoms with Gasteiger partial charge < -0.3 is 5.73 Å².